The molecule has 0 spiro atoms. The Kier molecular flexibility index (Phi) is 5.89. The van der Waals surface area contributed by atoms with Crippen molar-refractivity contribution in [1.82, 2.24) is 9.80 Å². The van der Waals surface area contributed by atoms with Crippen molar-refractivity contribution >= 4 is 12.0 Å². The van der Waals surface area contributed by atoms with Crippen molar-refractivity contribution in [2.24, 2.45) is 5.92 Å². The fourth-order valence-corrected chi connectivity index (χ4v) is 3.56. The summed E-state index contributed by atoms with van der Waals surface area (Å²) in [6, 6.07) is 0.221. The zero-order chi connectivity index (χ0) is 17.0. The van der Waals surface area contributed by atoms with Crippen molar-refractivity contribution in [2.75, 3.05) is 33.4 Å². The molecule has 0 N–H and O–H groups in total. The first-order valence-corrected chi connectivity index (χ1v) is 8.58. The highest BCUT2D eigenvalue weighted by Gasteiger charge is 2.38. The predicted octanol–water partition coefficient (Wildman–Crippen LogP) is 2.27. The SMILES string of the molecule is COCC(=O)N1CCCC[C@H]1[C@@H]1CCN(C(=O)OC(C)(C)C)C1. The number of ether oxygens (including phenoxy) is 2. The third kappa shape index (κ3) is 4.83. The minimum atomic E-state index is -0.472. The standard InChI is InChI=1S/C17H30N2O4/c1-17(2,3)23-16(21)18-10-8-13(11-18)14-7-5-6-9-19(14)15(20)12-22-4/h13-14H,5-12H2,1-4H3/t13-,14+/m1/s1. The van der Waals surface area contributed by atoms with Crippen molar-refractivity contribution in [3.8, 4) is 0 Å². The second kappa shape index (κ2) is 7.51. The van der Waals surface area contributed by atoms with Crippen LogP contribution in [0.1, 0.15) is 46.5 Å². The van der Waals surface area contributed by atoms with Crippen molar-refractivity contribution in [3.63, 3.8) is 0 Å². The van der Waals surface area contributed by atoms with Crippen LogP contribution >= 0.6 is 0 Å². The molecule has 2 aliphatic heterocycles. The molecule has 6 nitrogen and oxygen atoms in total. The molecule has 2 heterocycles. The van der Waals surface area contributed by atoms with E-state index in [-0.39, 0.29) is 24.6 Å². The van der Waals surface area contributed by atoms with E-state index in [1.165, 1.54) is 0 Å². The molecule has 0 bridgehead atoms. The molecule has 6 heteroatoms. The van der Waals surface area contributed by atoms with E-state index in [4.69, 9.17) is 9.47 Å². The average molecular weight is 326 g/mol. The van der Waals surface area contributed by atoms with Crippen molar-refractivity contribution < 1.29 is 19.1 Å². The number of carbonyl (C=O) groups excluding carboxylic acids is 2. The van der Waals surface area contributed by atoms with Crippen LogP contribution in [-0.4, -0.2) is 66.8 Å². The molecular weight excluding hydrogens is 296 g/mol. The van der Waals surface area contributed by atoms with E-state index in [0.717, 1.165) is 32.2 Å². The van der Waals surface area contributed by atoms with Crippen LogP contribution in [0.15, 0.2) is 0 Å². The van der Waals surface area contributed by atoms with Crippen molar-refractivity contribution in [1.29, 1.82) is 0 Å². The van der Waals surface area contributed by atoms with Gasteiger partial charge >= 0.3 is 6.09 Å². The number of likely N-dealkylation sites (tertiary alicyclic amines) is 2. The molecule has 23 heavy (non-hydrogen) atoms. The van der Waals surface area contributed by atoms with E-state index in [0.29, 0.717) is 19.0 Å². The number of amides is 2. The van der Waals surface area contributed by atoms with Gasteiger partial charge in [-0.25, -0.2) is 4.79 Å². The van der Waals surface area contributed by atoms with Crippen LogP contribution < -0.4 is 0 Å². The van der Waals surface area contributed by atoms with Crippen molar-refractivity contribution in [2.45, 2.75) is 58.1 Å². The van der Waals surface area contributed by atoms with Gasteiger partial charge in [-0.05, 0) is 52.4 Å². The van der Waals surface area contributed by atoms with Crippen LogP contribution in [0.2, 0.25) is 0 Å². The highest BCUT2D eigenvalue weighted by atomic mass is 16.6. The first kappa shape index (κ1) is 18.0. The van der Waals surface area contributed by atoms with Gasteiger partial charge in [0, 0.05) is 32.8 Å². The molecule has 2 fully saturated rings. The molecule has 2 rings (SSSR count). The molecule has 0 radical (unpaired) electrons. The molecule has 2 aliphatic rings. The maximum absolute atomic E-state index is 12.3. The minimum absolute atomic E-state index is 0.0629. The third-order valence-corrected chi connectivity index (χ3v) is 4.56. The fraction of sp³-hybridized carbons (Fsp3) is 0.882. The first-order chi connectivity index (χ1) is 10.8. The summed E-state index contributed by atoms with van der Waals surface area (Å²) < 4.78 is 10.5. The monoisotopic (exact) mass is 326 g/mol. The zero-order valence-electron chi connectivity index (χ0n) is 14.8. The normalized spacial score (nSPS) is 25.6. The summed E-state index contributed by atoms with van der Waals surface area (Å²) in [5, 5.41) is 0. The lowest BCUT2D eigenvalue weighted by atomic mass is 9.89. The van der Waals surface area contributed by atoms with Crippen LogP contribution in [0.25, 0.3) is 0 Å². The Morgan fingerprint density at radius 2 is 1.87 bits per heavy atom. The van der Waals surface area contributed by atoms with Gasteiger partial charge in [-0.1, -0.05) is 0 Å². The Morgan fingerprint density at radius 3 is 2.52 bits per heavy atom. The highest BCUT2D eigenvalue weighted by molar-refractivity contribution is 5.78. The molecular formula is C17H30N2O4. The molecule has 2 amide bonds. The number of hydrogen-bond donors (Lipinski definition) is 0. The molecule has 0 aromatic heterocycles. The van der Waals surface area contributed by atoms with Gasteiger partial charge in [0.15, 0.2) is 0 Å². The van der Waals surface area contributed by atoms with E-state index in [1.54, 1.807) is 12.0 Å². The molecule has 132 valence electrons. The minimum Gasteiger partial charge on any atom is -0.444 e. The van der Waals surface area contributed by atoms with E-state index < -0.39 is 5.60 Å². The quantitative estimate of drug-likeness (QED) is 0.798. The summed E-state index contributed by atoms with van der Waals surface area (Å²) in [6.45, 7) is 7.97. The van der Waals surface area contributed by atoms with Gasteiger partial charge in [0.2, 0.25) is 5.91 Å². The molecule has 2 saturated heterocycles. The topological polar surface area (TPSA) is 59.1 Å². The third-order valence-electron chi connectivity index (χ3n) is 4.56. The lowest BCUT2D eigenvalue weighted by Gasteiger charge is -2.39. The van der Waals surface area contributed by atoms with Gasteiger partial charge in [-0.3, -0.25) is 4.79 Å². The Morgan fingerprint density at radius 1 is 1.13 bits per heavy atom. The summed E-state index contributed by atoms with van der Waals surface area (Å²) in [6.07, 6.45) is 3.90. The first-order valence-electron chi connectivity index (χ1n) is 8.58. The number of nitrogens with zero attached hydrogens (tertiary/aromatic N) is 2. The second-order valence-electron chi connectivity index (χ2n) is 7.56. The van der Waals surface area contributed by atoms with Gasteiger partial charge in [-0.2, -0.15) is 0 Å². The predicted molar refractivity (Wildman–Crippen MR) is 87.1 cm³/mol. The molecule has 0 aliphatic carbocycles. The molecule has 2 atom stereocenters. The second-order valence-corrected chi connectivity index (χ2v) is 7.56. The van der Waals surface area contributed by atoms with Gasteiger partial charge in [-0.15, -0.1) is 0 Å². The van der Waals surface area contributed by atoms with Gasteiger partial charge in [0.25, 0.3) is 0 Å². The van der Waals surface area contributed by atoms with Gasteiger partial charge in [0.05, 0.1) is 0 Å². The molecule has 0 aromatic carbocycles. The summed E-state index contributed by atoms with van der Waals surface area (Å²) in [5.41, 5.74) is -0.472. The van der Waals surface area contributed by atoms with Crippen LogP contribution in [0.4, 0.5) is 4.79 Å². The fourth-order valence-electron chi connectivity index (χ4n) is 3.56. The summed E-state index contributed by atoms with van der Waals surface area (Å²) in [4.78, 5) is 28.2. The number of carbonyl (C=O) groups is 2. The van der Waals surface area contributed by atoms with E-state index >= 15 is 0 Å². The maximum Gasteiger partial charge on any atom is 0.410 e. The number of methoxy groups -OCH3 is 1. The number of piperidine rings is 1. The van der Waals surface area contributed by atoms with Crippen LogP contribution in [-0.2, 0) is 14.3 Å². The van der Waals surface area contributed by atoms with Crippen LogP contribution in [0, 0.1) is 5.92 Å². The van der Waals surface area contributed by atoms with E-state index in [2.05, 4.69) is 0 Å². The van der Waals surface area contributed by atoms with Crippen LogP contribution in [0.3, 0.4) is 0 Å². The Labute approximate surface area is 139 Å². The lowest BCUT2D eigenvalue weighted by molar-refractivity contribution is -0.140. The smallest absolute Gasteiger partial charge is 0.410 e. The van der Waals surface area contributed by atoms with Crippen LogP contribution in [0.5, 0.6) is 0 Å². The maximum atomic E-state index is 12.3. The Hall–Kier alpha value is -1.30. The Balaban J connectivity index is 1.96. The molecule has 0 aromatic rings. The zero-order valence-corrected chi connectivity index (χ0v) is 14.8. The summed E-state index contributed by atoms with van der Waals surface area (Å²) >= 11 is 0. The largest absolute Gasteiger partial charge is 0.444 e. The number of hydrogen-bond acceptors (Lipinski definition) is 4. The molecule has 0 unspecified atom stereocenters. The van der Waals surface area contributed by atoms with Gasteiger partial charge < -0.3 is 19.3 Å². The van der Waals surface area contributed by atoms with E-state index in [9.17, 15) is 9.59 Å². The average Bonchev–Trinajstić information content (AvgIpc) is 2.95. The summed E-state index contributed by atoms with van der Waals surface area (Å²) in [7, 11) is 1.55. The lowest BCUT2D eigenvalue weighted by Crippen LogP contribution is -2.49. The van der Waals surface area contributed by atoms with Crippen molar-refractivity contribution in [3.05, 3.63) is 0 Å². The number of rotatable bonds is 3. The van der Waals surface area contributed by atoms with E-state index in [1.807, 2.05) is 25.7 Å². The summed E-state index contributed by atoms with van der Waals surface area (Å²) in [5.74, 6) is 0.400. The highest BCUT2D eigenvalue weighted by Crippen LogP contribution is 2.30. The molecule has 0 saturated carbocycles. The Bertz CT molecular complexity index is 433. The van der Waals surface area contributed by atoms with Gasteiger partial charge in [0.1, 0.15) is 12.2 Å².